The number of fused-ring (bicyclic) bond motifs is 1. The van der Waals surface area contributed by atoms with Gasteiger partial charge in [-0.2, -0.15) is 0 Å². The summed E-state index contributed by atoms with van der Waals surface area (Å²) in [6, 6.07) is 6.99. The number of aromatic nitrogens is 1. The Morgan fingerprint density at radius 1 is 1.33 bits per heavy atom. The average Bonchev–Trinajstić information content (AvgIpc) is 2.36. The molecular formula is C13H14N2O3. The van der Waals surface area contributed by atoms with Gasteiger partial charge in [0.25, 0.3) is 0 Å². The Kier molecular flexibility index (Phi) is 3.06. The van der Waals surface area contributed by atoms with Gasteiger partial charge in [0.15, 0.2) is 0 Å². The fraction of sp³-hybridized carbons (Fsp3) is 0.231. The zero-order valence-corrected chi connectivity index (χ0v) is 10.5. The molecule has 0 aliphatic carbocycles. The number of carboxylic acid groups (broad SMARTS) is 1. The van der Waals surface area contributed by atoms with E-state index in [1.807, 2.05) is 0 Å². The summed E-state index contributed by atoms with van der Waals surface area (Å²) >= 11 is 0. The lowest BCUT2D eigenvalue weighted by Crippen LogP contribution is -2.15. The summed E-state index contributed by atoms with van der Waals surface area (Å²) in [5, 5.41) is 9.96. The highest BCUT2D eigenvalue weighted by atomic mass is 16.5. The number of rotatable bonds is 3. The zero-order chi connectivity index (χ0) is 13.3. The molecule has 1 N–H and O–H groups in total. The van der Waals surface area contributed by atoms with Crippen molar-refractivity contribution >= 4 is 22.7 Å². The van der Waals surface area contributed by atoms with Crippen LogP contribution in [0.25, 0.3) is 10.9 Å². The first-order chi connectivity index (χ1) is 8.52. The van der Waals surface area contributed by atoms with Crippen LogP contribution < -0.4 is 9.64 Å². The minimum Gasteiger partial charge on any atom is -0.497 e. The maximum atomic E-state index is 11.2. The fourth-order valence-electron chi connectivity index (χ4n) is 1.76. The lowest BCUT2D eigenvalue weighted by Gasteiger charge is -2.15. The van der Waals surface area contributed by atoms with Crippen LogP contribution in [-0.4, -0.2) is 37.3 Å². The molecular weight excluding hydrogens is 232 g/mol. The molecule has 2 rings (SSSR count). The summed E-state index contributed by atoms with van der Waals surface area (Å²) in [5.41, 5.74) is 0.903. The van der Waals surface area contributed by atoms with Crippen molar-refractivity contribution < 1.29 is 14.6 Å². The molecule has 1 aromatic heterocycles. The summed E-state index contributed by atoms with van der Waals surface area (Å²) in [5.74, 6) is 0.148. The summed E-state index contributed by atoms with van der Waals surface area (Å²) < 4.78 is 5.13. The number of carbonyl (C=O) groups is 1. The molecule has 0 saturated carbocycles. The molecule has 0 aliphatic rings. The molecule has 0 amide bonds. The van der Waals surface area contributed by atoms with Crippen LogP contribution in [-0.2, 0) is 0 Å². The molecule has 1 aromatic carbocycles. The first-order valence-electron chi connectivity index (χ1n) is 5.42. The van der Waals surface area contributed by atoms with E-state index in [9.17, 15) is 9.90 Å². The quantitative estimate of drug-likeness (QED) is 0.897. The molecule has 0 atom stereocenters. The monoisotopic (exact) mass is 246 g/mol. The number of nitrogens with zero attached hydrogens (tertiary/aromatic N) is 2. The van der Waals surface area contributed by atoms with E-state index in [-0.39, 0.29) is 5.56 Å². The molecule has 0 fully saturated rings. The second-order valence-corrected chi connectivity index (χ2v) is 4.12. The van der Waals surface area contributed by atoms with Crippen LogP contribution in [0.1, 0.15) is 10.4 Å². The van der Waals surface area contributed by atoms with Gasteiger partial charge in [-0.05, 0) is 18.2 Å². The summed E-state index contributed by atoms with van der Waals surface area (Å²) in [4.78, 5) is 17.3. The van der Waals surface area contributed by atoms with Gasteiger partial charge in [0.1, 0.15) is 17.1 Å². The van der Waals surface area contributed by atoms with Crippen molar-refractivity contribution in [2.45, 2.75) is 0 Å². The lowest BCUT2D eigenvalue weighted by molar-refractivity contribution is 0.0697. The van der Waals surface area contributed by atoms with Crippen molar-refractivity contribution in [2.24, 2.45) is 0 Å². The number of pyridine rings is 1. The summed E-state index contributed by atoms with van der Waals surface area (Å²) in [7, 11) is 5.11. The molecule has 94 valence electrons. The minimum absolute atomic E-state index is 0.192. The van der Waals surface area contributed by atoms with Crippen molar-refractivity contribution in [3.05, 3.63) is 29.8 Å². The number of hydrogen-bond acceptors (Lipinski definition) is 4. The van der Waals surface area contributed by atoms with E-state index in [1.54, 1.807) is 50.4 Å². The van der Waals surface area contributed by atoms with E-state index in [4.69, 9.17) is 4.74 Å². The van der Waals surface area contributed by atoms with Gasteiger partial charge in [0, 0.05) is 25.5 Å². The molecule has 5 nitrogen and oxygen atoms in total. The number of ether oxygens (including phenoxy) is 1. The first-order valence-corrected chi connectivity index (χ1v) is 5.42. The van der Waals surface area contributed by atoms with Crippen LogP contribution in [0.5, 0.6) is 5.75 Å². The van der Waals surface area contributed by atoms with E-state index >= 15 is 0 Å². The summed E-state index contributed by atoms with van der Waals surface area (Å²) in [6.45, 7) is 0. The molecule has 0 unspecified atom stereocenters. The number of methoxy groups -OCH3 is 1. The van der Waals surface area contributed by atoms with Gasteiger partial charge in [-0.1, -0.05) is 0 Å². The molecule has 0 radical (unpaired) electrons. The van der Waals surface area contributed by atoms with Crippen LogP contribution in [0.3, 0.4) is 0 Å². The van der Waals surface area contributed by atoms with E-state index in [0.29, 0.717) is 17.1 Å². The topological polar surface area (TPSA) is 62.7 Å². The lowest BCUT2D eigenvalue weighted by atomic mass is 10.1. The third-order valence-electron chi connectivity index (χ3n) is 2.66. The molecule has 0 bridgehead atoms. The first kappa shape index (κ1) is 12.2. The van der Waals surface area contributed by atoms with Crippen LogP contribution in [0, 0.1) is 0 Å². The number of benzene rings is 1. The van der Waals surface area contributed by atoms with E-state index in [2.05, 4.69) is 4.98 Å². The predicted octanol–water partition coefficient (Wildman–Crippen LogP) is 2.01. The van der Waals surface area contributed by atoms with Gasteiger partial charge in [-0.25, -0.2) is 9.78 Å². The number of anilines is 1. The Hall–Kier alpha value is -2.30. The fourth-order valence-corrected chi connectivity index (χ4v) is 1.76. The second kappa shape index (κ2) is 4.52. The van der Waals surface area contributed by atoms with Gasteiger partial charge in [0.05, 0.1) is 12.6 Å². The normalized spacial score (nSPS) is 10.4. The van der Waals surface area contributed by atoms with Crippen molar-refractivity contribution in [2.75, 3.05) is 26.1 Å². The Labute approximate surface area is 105 Å². The summed E-state index contributed by atoms with van der Waals surface area (Å²) in [6.07, 6.45) is 0. The Morgan fingerprint density at radius 2 is 2.06 bits per heavy atom. The highest BCUT2D eigenvalue weighted by Gasteiger charge is 2.15. The third kappa shape index (κ3) is 2.07. The van der Waals surface area contributed by atoms with Crippen molar-refractivity contribution in [3.8, 4) is 5.75 Å². The standard InChI is InChI=1S/C13H14N2O3/c1-15(2)12-10(13(16)17)6-8-4-5-9(18-3)7-11(8)14-12/h4-7H,1-3H3,(H,16,17). The van der Waals surface area contributed by atoms with E-state index in [1.165, 1.54) is 0 Å². The maximum absolute atomic E-state index is 11.2. The van der Waals surface area contributed by atoms with Crippen molar-refractivity contribution in [1.29, 1.82) is 0 Å². The SMILES string of the molecule is COc1ccc2cc(C(=O)O)c(N(C)C)nc2c1. The van der Waals surface area contributed by atoms with Crippen LogP contribution in [0.2, 0.25) is 0 Å². The van der Waals surface area contributed by atoms with E-state index < -0.39 is 5.97 Å². The molecule has 0 spiro atoms. The van der Waals surface area contributed by atoms with Crippen molar-refractivity contribution in [1.82, 2.24) is 4.98 Å². The van der Waals surface area contributed by atoms with Gasteiger partial charge in [-0.15, -0.1) is 0 Å². The smallest absolute Gasteiger partial charge is 0.339 e. The van der Waals surface area contributed by atoms with Crippen molar-refractivity contribution in [3.63, 3.8) is 0 Å². The Morgan fingerprint density at radius 3 is 2.61 bits per heavy atom. The second-order valence-electron chi connectivity index (χ2n) is 4.12. The number of hydrogen-bond donors (Lipinski definition) is 1. The minimum atomic E-state index is -0.982. The number of carboxylic acids is 1. The average molecular weight is 246 g/mol. The Balaban J connectivity index is 2.72. The predicted molar refractivity (Wildman–Crippen MR) is 69.6 cm³/mol. The van der Waals surface area contributed by atoms with Gasteiger partial charge < -0.3 is 14.7 Å². The molecule has 0 aliphatic heterocycles. The Bertz CT molecular complexity index is 608. The van der Waals surface area contributed by atoms with Crippen LogP contribution in [0.4, 0.5) is 5.82 Å². The van der Waals surface area contributed by atoms with E-state index in [0.717, 1.165) is 5.39 Å². The largest absolute Gasteiger partial charge is 0.497 e. The molecule has 1 heterocycles. The zero-order valence-electron chi connectivity index (χ0n) is 10.5. The van der Waals surface area contributed by atoms with Crippen LogP contribution >= 0.6 is 0 Å². The molecule has 18 heavy (non-hydrogen) atoms. The van der Waals surface area contributed by atoms with Gasteiger partial charge in [-0.3, -0.25) is 0 Å². The van der Waals surface area contributed by atoms with Crippen LogP contribution in [0.15, 0.2) is 24.3 Å². The maximum Gasteiger partial charge on any atom is 0.339 e. The highest BCUT2D eigenvalue weighted by Crippen LogP contribution is 2.25. The molecule has 2 aromatic rings. The number of aromatic carboxylic acids is 1. The molecule has 0 saturated heterocycles. The highest BCUT2D eigenvalue weighted by molar-refractivity contribution is 5.98. The van der Waals surface area contributed by atoms with Gasteiger partial charge >= 0.3 is 5.97 Å². The third-order valence-corrected chi connectivity index (χ3v) is 2.66. The molecule has 5 heteroatoms. The van der Waals surface area contributed by atoms with Gasteiger partial charge in [0.2, 0.25) is 0 Å².